The number of amides is 1. The Morgan fingerprint density at radius 1 is 1.23 bits per heavy atom. The topological polar surface area (TPSA) is 90.7 Å². The van der Waals surface area contributed by atoms with Gasteiger partial charge in [-0.15, -0.1) is 0 Å². The van der Waals surface area contributed by atoms with Gasteiger partial charge in [-0.25, -0.2) is 4.79 Å². The van der Waals surface area contributed by atoms with Gasteiger partial charge in [-0.3, -0.25) is 4.79 Å². The first-order chi connectivity index (χ1) is 9.89. The van der Waals surface area contributed by atoms with Gasteiger partial charge in [0, 0.05) is 18.4 Å². The van der Waals surface area contributed by atoms with E-state index < -0.39 is 17.6 Å². The first kappa shape index (κ1) is 18.9. The van der Waals surface area contributed by atoms with E-state index in [1.807, 2.05) is 20.8 Å². The monoisotopic (exact) mass is 314 g/mol. The van der Waals surface area contributed by atoms with Crippen molar-refractivity contribution in [2.75, 3.05) is 13.2 Å². The van der Waals surface area contributed by atoms with Crippen LogP contribution in [0.25, 0.3) is 0 Å². The summed E-state index contributed by atoms with van der Waals surface area (Å²) in [5.74, 6) is -0.901. The quantitative estimate of drug-likeness (QED) is 0.762. The summed E-state index contributed by atoms with van der Waals surface area (Å²) in [4.78, 5) is 24.6. The van der Waals surface area contributed by atoms with Gasteiger partial charge in [0.2, 0.25) is 5.91 Å². The Labute approximate surface area is 133 Å². The lowest BCUT2D eigenvalue weighted by Gasteiger charge is -2.29. The molecule has 6 nitrogen and oxygen atoms in total. The molecule has 0 spiro atoms. The Morgan fingerprint density at radius 3 is 2.23 bits per heavy atom. The lowest BCUT2D eigenvalue weighted by atomic mass is 9.90. The SMILES string of the molecule is CC(C)(C)CC(=O)N[C@H](C(=O)OC(C)(C)C)[C@H]1COC[C@H]1N. The van der Waals surface area contributed by atoms with Crippen molar-refractivity contribution in [3.63, 3.8) is 0 Å². The number of nitrogens with two attached hydrogens (primary N) is 1. The number of nitrogens with one attached hydrogen (secondary N) is 1. The standard InChI is InChI=1S/C16H30N2O4/c1-15(2,3)7-12(19)18-13(10-8-21-9-11(10)17)14(20)22-16(4,5)6/h10-11,13H,7-9,17H2,1-6H3,(H,18,19)/t10-,11+,13-/m0/s1. The van der Waals surface area contributed by atoms with Crippen LogP contribution in [0.5, 0.6) is 0 Å². The van der Waals surface area contributed by atoms with E-state index in [4.69, 9.17) is 15.2 Å². The fourth-order valence-corrected chi connectivity index (χ4v) is 2.34. The first-order valence-corrected chi connectivity index (χ1v) is 7.74. The molecule has 0 aromatic heterocycles. The van der Waals surface area contributed by atoms with Crippen molar-refractivity contribution in [2.24, 2.45) is 17.1 Å². The van der Waals surface area contributed by atoms with Crippen LogP contribution in [0.2, 0.25) is 0 Å². The zero-order chi connectivity index (χ0) is 17.1. The Morgan fingerprint density at radius 2 is 1.82 bits per heavy atom. The molecule has 0 bridgehead atoms. The van der Waals surface area contributed by atoms with E-state index in [2.05, 4.69) is 5.32 Å². The molecule has 0 unspecified atom stereocenters. The molecule has 1 amide bonds. The number of ether oxygens (including phenoxy) is 2. The van der Waals surface area contributed by atoms with Crippen LogP contribution in [0.15, 0.2) is 0 Å². The predicted molar refractivity (Wildman–Crippen MR) is 84.1 cm³/mol. The van der Waals surface area contributed by atoms with E-state index in [0.717, 1.165) is 0 Å². The highest BCUT2D eigenvalue weighted by Gasteiger charge is 2.40. The van der Waals surface area contributed by atoms with E-state index in [9.17, 15) is 9.59 Å². The lowest BCUT2D eigenvalue weighted by Crippen LogP contribution is -2.53. The maximum Gasteiger partial charge on any atom is 0.329 e. The Hall–Kier alpha value is -1.14. The van der Waals surface area contributed by atoms with E-state index in [1.54, 1.807) is 20.8 Å². The minimum Gasteiger partial charge on any atom is -0.458 e. The molecule has 0 aromatic carbocycles. The average Bonchev–Trinajstić information content (AvgIpc) is 2.67. The summed E-state index contributed by atoms with van der Waals surface area (Å²) >= 11 is 0. The van der Waals surface area contributed by atoms with Crippen LogP contribution in [0.4, 0.5) is 0 Å². The third-order valence-electron chi connectivity index (χ3n) is 3.27. The maximum absolute atomic E-state index is 12.4. The van der Waals surface area contributed by atoms with Gasteiger partial charge < -0.3 is 20.5 Å². The average molecular weight is 314 g/mol. The van der Waals surface area contributed by atoms with E-state index in [0.29, 0.717) is 19.6 Å². The number of hydrogen-bond donors (Lipinski definition) is 2. The van der Waals surface area contributed by atoms with Gasteiger partial charge in [0.15, 0.2) is 0 Å². The molecule has 3 atom stereocenters. The van der Waals surface area contributed by atoms with Gasteiger partial charge >= 0.3 is 5.97 Å². The van der Waals surface area contributed by atoms with Crippen LogP contribution in [0.3, 0.4) is 0 Å². The Balaban J connectivity index is 2.82. The highest BCUT2D eigenvalue weighted by Crippen LogP contribution is 2.22. The summed E-state index contributed by atoms with van der Waals surface area (Å²) in [6, 6.07) is -1.06. The number of carbonyl (C=O) groups is 2. The third-order valence-corrected chi connectivity index (χ3v) is 3.27. The summed E-state index contributed by atoms with van der Waals surface area (Å²) in [6.07, 6.45) is 0.328. The summed E-state index contributed by atoms with van der Waals surface area (Å²) in [7, 11) is 0. The second kappa shape index (κ2) is 6.96. The fraction of sp³-hybridized carbons (Fsp3) is 0.875. The van der Waals surface area contributed by atoms with Crippen LogP contribution < -0.4 is 11.1 Å². The fourth-order valence-electron chi connectivity index (χ4n) is 2.34. The normalized spacial score (nSPS) is 24.0. The molecule has 6 heteroatoms. The molecule has 1 fully saturated rings. The highest BCUT2D eigenvalue weighted by molar-refractivity contribution is 5.85. The van der Waals surface area contributed by atoms with E-state index in [1.165, 1.54) is 0 Å². The van der Waals surface area contributed by atoms with E-state index >= 15 is 0 Å². The molecular formula is C16H30N2O4. The largest absolute Gasteiger partial charge is 0.458 e. The van der Waals surface area contributed by atoms with E-state index in [-0.39, 0.29) is 23.3 Å². The Bertz CT molecular complexity index is 409. The zero-order valence-corrected chi connectivity index (χ0v) is 14.6. The van der Waals surface area contributed by atoms with Crippen molar-refractivity contribution in [2.45, 2.75) is 65.6 Å². The van der Waals surface area contributed by atoms with Gasteiger partial charge in [-0.05, 0) is 26.2 Å². The molecule has 1 saturated heterocycles. The van der Waals surface area contributed by atoms with Crippen molar-refractivity contribution in [3.8, 4) is 0 Å². The maximum atomic E-state index is 12.4. The second-order valence-electron chi connectivity index (χ2n) is 8.18. The summed E-state index contributed by atoms with van der Waals surface area (Å²) in [6.45, 7) is 12.0. The van der Waals surface area contributed by atoms with Crippen LogP contribution in [0.1, 0.15) is 48.0 Å². The molecule has 1 aliphatic rings. The van der Waals surface area contributed by atoms with Crippen molar-refractivity contribution >= 4 is 11.9 Å². The first-order valence-electron chi connectivity index (χ1n) is 7.74. The van der Waals surface area contributed by atoms with Crippen molar-refractivity contribution in [1.29, 1.82) is 0 Å². The molecule has 1 aliphatic heterocycles. The van der Waals surface area contributed by atoms with Crippen LogP contribution >= 0.6 is 0 Å². The number of carbonyl (C=O) groups excluding carboxylic acids is 2. The molecule has 0 aliphatic carbocycles. The molecule has 128 valence electrons. The smallest absolute Gasteiger partial charge is 0.329 e. The Kier molecular flexibility index (Phi) is 5.98. The third kappa shape index (κ3) is 6.32. The molecule has 1 heterocycles. The van der Waals surface area contributed by atoms with Gasteiger partial charge in [0.1, 0.15) is 11.6 Å². The van der Waals surface area contributed by atoms with Gasteiger partial charge in [-0.2, -0.15) is 0 Å². The van der Waals surface area contributed by atoms with Crippen molar-refractivity contribution < 1.29 is 19.1 Å². The van der Waals surface area contributed by atoms with Gasteiger partial charge in [0.05, 0.1) is 13.2 Å². The summed E-state index contributed by atoms with van der Waals surface area (Å²) in [5.41, 5.74) is 5.23. The van der Waals surface area contributed by atoms with Crippen LogP contribution in [-0.2, 0) is 19.1 Å². The van der Waals surface area contributed by atoms with Gasteiger partial charge in [0.25, 0.3) is 0 Å². The molecule has 22 heavy (non-hydrogen) atoms. The van der Waals surface area contributed by atoms with Crippen LogP contribution in [-0.4, -0.2) is 42.8 Å². The van der Waals surface area contributed by atoms with Crippen molar-refractivity contribution in [1.82, 2.24) is 5.32 Å². The summed E-state index contributed by atoms with van der Waals surface area (Å²) in [5, 5.41) is 2.79. The summed E-state index contributed by atoms with van der Waals surface area (Å²) < 4.78 is 10.8. The predicted octanol–water partition coefficient (Wildman–Crippen LogP) is 1.22. The van der Waals surface area contributed by atoms with Crippen LogP contribution in [0, 0.1) is 11.3 Å². The molecule has 0 radical (unpaired) electrons. The minimum atomic E-state index is -0.772. The number of hydrogen-bond acceptors (Lipinski definition) is 5. The minimum absolute atomic E-state index is 0.156. The molecule has 1 rings (SSSR count). The van der Waals surface area contributed by atoms with Gasteiger partial charge in [-0.1, -0.05) is 20.8 Å². The lowest BCUT2D eigenvalue weighted by molar-refractivity contribution is -0.160. The number of esters is 1. The highest BCUT2D eigenvalue weighted by atomic mass is 16.6. The second-order valence-corrected chi connectivity index (χ2v) is 8.18. The number of rotatable bonds is 4. The van der Waals surface area contributed by atoms with Crippen molar-refractivity contribution in [3.05, 3.63) is 0 Å². The molecular weight excluding hydrogens is 284 g/mol. The zero-order valence-electron chi connectivity index (χ0n) is 14.6. The molecule has 0 aromatic rings. The molecule has 0 saturated carbocycles. The molecule has 3 N–H and O–H groups in total.